The third kappa shape index (κ3) is 3.29. The Morgan fingerprint density at radius 2 is 2.21 bits per heavy atom. The summed E-state index contributed by atoms with van der Waals surface area (Å²) >= 11 is 0. The van der Waals surface area contributed by atoms with E-state index in [2.05, 4.69) is 25.8 Å². The van der Waals surface area contributed by atoms with Crippen LogP contribution in [-0.4, -0.2) is 49.4 Å². The molecule has 3 nitrogen and oxygen atoms in total. The van der Waals surface area contributed by atoms with Crippen LogP contribution in [0.3, 0.4) is 0 Å². The molecule has 1 aliphatic heterocycles. The summed E-state index contributed by atoms with van der Waals surface area (Å²) < 4.78 is 0. The van der Waals surface area contributed by atoms with E-state index in [1.807, 2.05) is 11.9 Å². The quantitative estimate of drug-likeness (QED) is 0.674. The Morgan fingerprint density at radius 3 is 2.64 bits per heavy atom. The van der Waals surface area contributed by atoms with Crippen LogP contribution in [0.15, 0.2) is 0 Å². The zero-order valence-electron chi connectivity index (χ0n) is 9.79. The molecule has 3 heteroatoms. The molecule has 0 aromatic rings. The van der Waals surface area contributed by atoms with Crippen molar-refractivity contribution in [2.45, 2.75) is 20.3 Å². The van der Waals surface area contributed by atoms with E-state index < -0.39 is 0 Å². The fourth-order valence-electron chi connectivity index (χ4n) is 2.22. The van der Waals surface area contributed by atoms with Crippen molar-refractivity contribution in [3.63, 3.8) is 0 Å². The van der Waals surface area contributed by atoms with Crippen LogP contribution in [0.4, 0.5) is 0 Å². The summed E-state index contributed by atoms with van der Waals surface area (Å²) in [5.74, 6) is 1.54. The number of amides is 1. The van der Waals surface area contributed by atoms with Gasteiger partial charge in [-0.3, -0.25) is 4.79 Å². The van der Waals surface area contributed by atoms with Gasteiger partial charge in [0.05, 0.1) is 0 Å². The van der Waals surface area contributed by atoms with Crippen molar-refractivity contribution in [1.29, 1.82) is 0 Å². The summed E-state index contributed by atoms with van der Waals surface area (Å²) in [7, 11) is 4.04. The van der Waals surface area contributed by atoms with Crippen LogP contribution in [0.25, 0.3) is 0 Å². The largest absolute Gasteiger partial charge is 0.345 e. The van der Waals surface area contributed by atoms with Gasteiger partial charge in [-0.1, -0.05) is 13.8 Å². The molecule has 0 radical (unpaired) electrons. The van der Waals surface area contributed by atoms with E-state index >= 15 is 0 Å². The second-order valence-corrected chi connectivity index (χ2v) is 4.96. The lowest BCUT2D eigenvalue weighted by Gasteiger charge is -2.22. The van der Waals surface area contributed by atoms with E-state index in [4.69, 9.17) is 0 Å². The molecule has 1 heterocycles. The Kier molecular flexibility index (Phi) is 3.93. The van der Waals surface area contributed by atoms with Crippen LogP contribution in [0.1, 0.15) is 20.3 Å². The normalized spacial score (nSPS) is 22.9. The van der Waals surface area contributed by atoms with Crippen molar-refractivity contribution >= 4 is 5.91 Å². The predicted molar refractivity (Wildman–Crippen MR) is 58.1 cm³/mol. The Morgan fingerprint density at radius 1 is 1.57 bits per heavy atom. The van der Waals surface area contributed by atoms with Crippen molar-refractivity contribution in [3.8, 4) is 0 Å². The summed E-state index contributed by atoms with van der Waals surface area (Å²) in [5.41, 5.74) is 0. The van der Waals surface area contributed by atoms with Crippen molar-refractivity contribution in [2.24, 2.45) is 11.8 Å². The smallest absolute Gasteiger partial charge is 0.222 e. The van der Waals surface area contributed by atoms with Crippen LogP contribution in [0.5, 0.6) is 0 Å². The molecule has 0 bridgehead atoms. The highest BCUT2D eigenvalue weighted by Crippen LogP contribution is 2.16. The minimum Gasteiger partial charge on any atom is -0.345 e. The van der Waals surface area contributed by atoms with Gasteiger partial charge in [0.1, 0.15) is 0 Å². The maximum absolute atomic E-state index is 11.3. The molecule has 14 heavy (non-hydrogen) atoms. The number of hydrogen-bond acceptors (Lipinski definition) is 2. The zero-order chi connectivity index (χ0) is 10.7. The molecule has 1 saturated heterocycles. The highest BCUT2D eigenvalue weighted by molar-refractivity contribution is 5.78. The number of likely N-dealkylation sites (tertiary alicyclic amines) is 1. The van der Waals surface area contributed by atoms with Gasteiger partial charge in [0.15, 0.2) is 0 Å². The van der Waals surface area contributed by atoms with E-state index in [1.165, 1.54) is 0 Å². The first kappa shape index (κ1) is 11.5. The molecule has 0 aromatic carbocycles. The van der Waals surface area contributed by atoms with E-state index in [-0.39, 0.29) is 0 Å². The van der Waals surface area contributed by atoms with Crippen LogP contribution < -0.4 is 0 Å². The fourth-order valence-corrected chi connectivity index (χ4v) is 2.22. The second kappa shape index (κ2) is 4.78. The Balaban J connectivity index is 2.28. The van der Waals surface area contributed by atoms with Gasteiger partial charge < -0.3 is 9.80 Å². The molecule has 1 aliphatic rings. The van der Waals surface area contributed by atoms with Gasteiger partial charge in [-0.2, -0.15) is 0 Å². The third-order valence-corrected chi connectivity index (χ3v) is 2.67. The average molecular weight is 198 g/mol. The first-order valence-corrected chi connectivity index (χ1v) is 5.41. The molecule has 0 N–H and O–H groups in total. The van der Waals surface area contributed by atoms with Gasteiger partial charge in [-0.05, 0) is 18.9 Å². The molecule has 0 unspecified atom stereocenters. The topological polar surface area (TPSA) is 23.6 Å². The monoisotopic (exact) mass is 198 g/mol. The average Bonchev–Trinajstić information content (AvgIpc) is 2.28. The maximum Gasteiger partial charge on any atom is 0.222 e. The molecular weight excluding hydrogens is 176 g/mol. The Labute approximate surface area is 87.1 Å². The summed E-state index contributed by atoms with van der Waals surface area (Å²) in [6, 6.07) is 0. The minimum absolute atomic E-state index is 0.299. The van der Waals surface area contributed by atoms with Gasteiger partial charge in [-0.25, -0.2) is 0 Å². The molecule has 1 rings (SSSR count). The molecule has 0 saturated carbocycles. The highest BCUT2D eigenvalue weighted by atomic mass is 16.2. The minimum atomic E-state index is 0.299. The SMILES string of the molecule is CC(C)CN(C)C[C@H]1CC(=O)N(C)C1. The molecule has 82 valence electrons. The summed E-state index contributed by atoms with van der Waals surface area (Å²) in [5, 5.41) is 0. The van der Waals surface area contributed by atoms with Gasteiger partial charge in [0, 0.05) is 33.1 Å². The highest BCUT2D eigenvalue weighted by Gasteiger charge is 2.27. The van der Waals surface area contributed by atoms with Gasteiger partial charge >= 0.3 is 0 Å². The van der Waals surface area contributed by atoms with Gasteiger partial charge in [0.2, 0.25) is 5.91 Å². The lowest BCUT2D eigenvalue weighted by Crippen LogP contribution is -2.30. The second-order valence-electron chi connectivity index (χ2n) is 4.96. The van der Waals surface area contributed by atoms with E-state index in [0.29, 0.717) is 17.7 Å². The molecule has 0 aliphatic carbocycles. The van der Waals surface area contributed by atoms with Gasteiger partial charge in [-0.15, -0.1) is 0 Å². The number of carbonyl (C=O) groups excluding carboxylic acids is 1. The standard InChI is InChI=1S/C11H22N2O/c1-9(2)6-12(3)7-10-5-11(14)13(4)8-10/h9-10H,5-8H2,1-4H3/t10-/m1/s1. The number of carbonyl (C=O) groups is 1. The molecule has 1 fully saturated rings. The summed E-state index contributed by atoms with van der Waals surface area (Å²) in [6.07, 6.45) is 0.735. The summed E-state index contributed by atoms with van der Waals surface area (Å²) in [6.45, 7) is 7.55. The van der Waals surface area contributed by atoms with Gasteiger partial charge in [0.25, 0.3) is 0 Å². The Hall–Kier alpha value is -0.570. The van der Waals surface area contributed by atoms with Crippen molar-refractivity contribution in [1.82, 2.24) is 9.80 Å². The molecule has 1 amide bonds. The number of hydrogen-bond donors (Lipinski definition) is 0. The number of nitrogens with zero attached hydrogens (tertiary/aromatic N) is 2. The van der Waals surface area contributed by atoms with Crippen LogP contribution >= 0.6 is 0 Å². The molecule has 0 aromatic heterocycles. The zero-order valence-corrected chi connectivity index (χ0v) is 9.79. The van der Waals surface area contributed by atoms with E-state index in [1.54, 1.807) is 0 Å². The first-order chi connectivity index (χ1) is 6.49. The predicted octanol–water partition coefficient (Wildman–Crippen LogP) is 1.05. The van der Waals surface area contributed by atoms with Crippen LogP contribution in [-0.2, 0) is 4.79 Å². The molecule has 1 atom stereocenters. The van der Waals surface area contributed by atoms with Crippen LogP contribution in [0.2, 0.25) is 0 Å². The maximum atomic E-state index is 11.3. The van der Waals surface area contributed by atoms with Crippen molar-refractivity contribution in [2.75, 3.05) is 33.7 Å². The lowest BCUT2D eigenvalue weighted by atomic mass is 10.1. The van der Waals surface area contributed by atoms with E-state index in [9.17, 15) is 4.79 Å². The lowest BCUT2D eigenvalue weighted by molar-refractivity contribution is -0.126. The third-order valence-electron chi connectivity index (χ3n) is 2.67. The molecular formula is C11H22N2O. The Bertz CT molecular complexity index is 203. The van der Waals surface area contributed by atoms with Crippen LogP contribution in [0, 0.1) is 11.8 Å². The summed E-state index contributed by atoms with van der Waals surface area (Å²) in [4.78, 5) is 15.5. The first-order valence-electron chi connectivity index (χ1n) is 5.41. The van der Waals surface area contributed by atoms with E-state index in [0.717, 1.165) is 26.1 Å². The van der Waals surface area contributed by atoms with Crippen molar-refractivity contribution in [3.05, 3.63) is 0 Å². The number of rotatable bonds is 4. The molecule has 0 spiro atoms. The van der Waals surface area contributed by atoms with Crippen molar-refractivity contribution < 1.29 is 4.79 Å². The fraction of sp³-hybridized carbons (Fsp3) is 0.909.